The molecule has 0 spiro atoms. The quantitative estimate of drug-likeness (QED) is 0.0301. The Balaban J connectivity index is 0.000000205. The van der Waals surface area contributed by atoms with Crippen LogP contribution >= 0.6 is 0 Å². The first-order valence-corrected chi connectivity index (χ1v) is 33.5. The van der Waals surface area contributed by atoms with Crippen LogP contribution in [0.2, 0.25) is 0 Å². The second-order valence-electron chi connectivity index (χ2n) is 25.9. The van der Waals surface area contributed by atoms with E-state index in [1.165, 1.54) is 51.8 Å². The summed E-state index contributed by atoms with van der Waals surface area (Å²) in [5.74, 6) is -1.27. The third-order valence-corrected chi connectivity index (χ3v) is 20.6. The third-order valence-electron chi connectivity index (χ3n) is 17.4. The molecule has 492 valence electrons. The van der Waals surface area contributed by atoms with Gasteiger partial charge in [0.05, 0.1) is 44.6 Å². The number of hydrogen-bond acceptors (Lipinski definition) is 15. The first-order valence-electron chi connectivity index (χ1n) is 30.9. The van der Waals surface area contributed by atoms with E-state index in [2.05, 4.69) is 127 Å². The average molecular weight is 1290 g/mol. The maximum absolute atomic E-state index is 13.0. The maximum atomic E-state index is 13.0. The van der Waals surface area contributed by atoms with Crippen molar-refractivity contribution in [3.63, 3.8) is 0 Å². The second-order valence-corrected chi connectivity index (χ2v) is 29.3. The normalized spacial score (nSPS) is 20.6. The van der Waals surface area contributed by atoms with Gasteiger partial charge in [-0.1, -0.05) is 107 Å². The molecule has 4 aliphatic rings. The zero-order valence-electron chi connectivity index (χ0n) is 54.5. The maximum Gasteiger partial charge on any atom is 0.369 e. The van der Waals surface area contributed by atoms with Crippen LogP contribution in [0.1, 0.15) is 159 Å². The average Bonchev–Trinajstić information content (AvgIpc) is 1.59. The summed E-state index contributed by atoms with van der Waals surface area (Å²) in [7, 11) is -5.87. The number of fused-ring (bicyclic) bond motifs is 2. The summed E-state index contributed by atoms with van der Waals surface area (Å²) in [6.07, 6.45) is 4.70. The molecule has 3 saturated heterocycles. The molecular formula is C71H92F2O15S2. The van der Waals surface area contributed by atoms with Crippen LogP contribution in [0.4, 0.5) is 8.78 Å². The molecule has 3 heterocycles. The van der Waals surface area contributed by atoms with E-state index in [0.717, 1.165) is 44.9 Å². The van der Waals surface area contributed by atoms with Gasteiger partial charge >= 0.3 is 35.1 Å². The number of carbonyl (C=O) groups excluding carboxylic acids is 5. The number of carbonyl (C=O) groups is 5. The summed E-state index contributed by atoms with van der Waals surface area (Å²) in [5, 5.41) is 4.42. The SMILES string of the molecule is CCC(C)(C)C(=O)OC(C)C(F)(F)S(=O)(=O)[O-].CCC(C)(C)C(=O)OC1(C)CCCc2ccccc2CC1.CCC(C)(C)C(=O)OC1C2CC3C(=O)OC1C3O2.CCC(C)(C)C(=O)Oc1ccc(O)cc1.c1ccc([S+](c2ccccc2)c2ccccc2)cc1. The van der Waals surface area contributed by atoms with E-state index < -0.39 is 55.9 Å². The van der Waals surface area contributed by atoms with Gasteiger partial charge in [-0.15, -0.1) is 0 Å². The second kappa shape index (κ2) is 31.6. The van der Waals surface area contributed by atoms with Crippen molar-refractivity contribution in [3.05, 3.63) is 151 Å². The molecule has 15 nitrogen and oxygen atoms in total. The van der Waals surface area contributed by atoms with Crippen LogP contribution in [0.15, 0.2) is 154 Å². The molecule has 0 aromatic heterocycles. The van der Waals surface area contributed by atoms with Gasteiger partial charge in [-0.2, -0.15) is 8.78 Å². The van der Waals surface area contributed by atoms with Gasteiger partial charge in [0, 0.05) is 0 Å². The molecular weight excluding hydrogens is 1190 g/mol. The summed E-state index contributed by atoms with van der Waals surface area (Å²) in [6, 6.07) is 46.9. The zero-order valence-corrected chi connectivity index (χ0v) is 56.2. The van der Waals surface area contributed by atoms with Crippen molar-refractivity contribution in [2.75, 3.05) is 0 Å². The highest BCUT2D eigenvalue weighted by Gasteiger charge is 2.65. The number of ether oxygens (including phenoxy) is 6. The van der Waals surface area contributed by atoms with Gasteiger partial charge < -0.3 is 38.1 Å². The molecule has 2 bridgehead atoms. The number of aromatic hydroxyl groups is 1. The lowest BCUT2D eigenvalue weighted by Crippen LogP contribution is -2.44. The van der Waals surface area contributed by atoms with Crippen molar-refractivity contribution in [1.82, 2.24) is 0 Å². The molecule has 7 unspecified atom stereocenters. The molecule has 0 saturated carbocycles. The van der Waals surface area contributed by atoms with Gasteiger partial charge in [0.25, 0.3) is 0 Å². The fourth-order valence-electron chi connectivity index (χ4n) is 9.36. The number of rotatable bonds is 17. The Morgan fingerprint density at radius 2 is 1.07 bits per heavy atom. The summed E-state index contributed by atoms with van der Waals surface area (Å²) in [6.45, 7) is 24.6. The number of alkyl halides is 2. The Morgan fingerprint density at radius 3 is 1.53 bits per heavy atom. The van der Waals surface area contributed by atoms with Gasteiger partial charge in [-0.05, 0) is 205 Å². The molecule has 5 aromatic carbocycles. The van der Waals surface area contributed by atoms with Gasteiger partial charge in [-0.3, -0.25) is 24.0 Å². The van der Waals surface area contributed by atoms with Crippen molar-refractivity contribution < 1.29 is 79.3 Å². The number of benzene rings is 5. The lowest BCUT2D eigenvalue weighted by molar-refractivity contribution is -0.171. The molecule has 3 aliphatic heterocycles. The number of aryl methyl sites for hydroxylation is 2. The molecule has 0 amide bonds. The van der Waals surface area contributed by atoms with Crippen LogP contribution in [0.3, 0.4) is 0 Å². The molecule has 90 heavy (non-hydrogen) atoms. The molecule has 7 atom stereocenters. The first kappa shape index (κ1) is 74.1. The topological polar surface area (TPSA) is 218 Å². The summed E-state index contributed by atoms with van der Waals surface area (Å²) in [5.41, 5.74) is 0.160. The summed E-state index contributed by atoms with van der Waals surface area (Å²) >= 11 is 0. The van der Waals surface area contributed by atoms with Gasteiger partial charge in [-0.25, -0.2) is 8.42 Å². The van der Waals surface area contributed by atoms with Gasteiger partial charge in [0.1, 0.15) is 23.2 Å². The minimum Gasteiger partial charge on any atom is -0.743 e. The van der Waals surface area contributed by atoms with E-state index in [9.17, 15) is 45.7 Å². The molecule has 1 N–H and O–H groups in total. The van der Waals surface area contributed by atoms with Crippen molar-refractivity contribution in [2.24, 2.45) is 27.6 Å². The Labute approximate surface area is 534 Å². The van der Waals surface area contributed by atoms with E-state index in [-0.39, 0.29) is 69.7 Å². The highest BCUT2D eigenvalue weighted by molar-refractivity contribution is 7.97. The van der Waals surface area contributed by atoms with Crippen LogP contribution in [-0.4, -0.2) is 89.3 Å². The third kappa shape index (κ3) is 19.7. The molecule has 3 fully saturated rings. The van der Waals surface area contributed by atoms with Crippen LogP contribution in [0, 0.1) is 27.6 Å². The van der Waals surface area contributed by atoms with Crippen molar-refractivity contribution in [2.45, 2.75) is 217 Å². The predicted molar refractivity (Wildman–Crippen MR) is 340 cm³/mol. The Hall–Kier alpha value is -6.67. The number of hydrogen-bond donors (Lipinski definition) is 1. The Morgan fingerprint density at radius 1 is 0.633 bits per heavy atom. The van der Waals surface area contributed by atoms with Crippen LogP contribution in [0.5, 0.6) is 11.5 Å². The fourth-order valence-corrected chi connectivity index (χ4v) is 11.9. The summed E-state index contributed by atoms with van der Waals surface area (Å²) in [4.78, 5) is 63.2. The van der Waals surface area contributed by atoms with Crippen molar-refractivity contribution >= 4 is 50.9 Å². The lowest BCUT2D eigenvalue weighted by Gasteiger charge is -2.35. The predicted octanol–water partition coefficient (Wildman–Crippen LogP) is 14.7. The van der Waals surface area contributed by atoms with Crippen LogP contribution in [-0.2, 0) is 81.5 Å². The molecule has 0 radical (unpaired) electrons. The van der Waals surface area contributed by atoms with E-state index in [1.54, 1.807) is 19.1 Å². The number of phenols is 1. The van der Waals surface area contributed by atoms with E-state index in [4.69, 9.17) is 28.8 Å². The van der Waals surface area contributed by atoms with Crippen molar-refractivity contribution in [3.8, 4) is 11.5 Å². The number of phenolic OH excluding ortho intramolecular Hbond substituents is 1. The number of esters is 5. The first-order chi connectivity index (χ1) is 42.1. The van der Waals surface area contributed by atoms with Crippen LogP contribution < -0.4 is 4.74 Å². The standard InChI is InChI=1S/C19H28O2.C18H15S.C13H18O5.C12H16O3.C9H16F2O5S/c1-5-18(2,3)17(20)21-19(4)13-8-11-15-9-6-7-10-16(15)12-14-19;1-4-10-16(11-5-1)19(17-12-6-2-7-13-17)18-14-8-3-9-15-18;1-4-13(2,3)12(15)18-9-7-5-6-8(16-7)10(9)17-11(6)14;1-4-12(2,3)11(14)15-10-7-5-9(13)6-8-10;1-5-8(3,4)7(12)16-6(2)9(10,11)17(13,14)15/h6-7,9-10H,5,8,11-14H2,1-4H3;1-15H;6-10H,4-5H2,1-3H3;5-8,13H,4H2,1-3H3;6H,5H2,1-4H3,(H,13,14,15)/q;+1;;;/p-1. The minimum absolute atomic E-state index is 0.0146. The summed E-state index contributed by atoms with van der Waals surface area (Å²) < 4.78 is 88.8. The van der Waals surface area contributed by atoms with Crippen LogP contribution in [0.25, 0.3) is 0 Å². The molecule has 9 rings (SSSR count). The van der Waals surface area contributed by atoms with E-state index in [0.29, 0.717) is 31.9 Å². The fraction of sp³-hybridized carbons (Fsp3) is 0.507. The zero-order chi connectivity index (χ0) is 67.0. The largest absolute Gasteiger partial charge is 0.743 e. The van der Waals surface area contributed by atoms with E-state index >= 15 is 0 Å². The Bertz CT molecular complexity index is 3170. The van der Waals surface area contributed by atoms with Crippen molar-refractivity contribution in [1.29, 1.82) is 0 Å². The van der Waals surface area contributed by atoms with Gasteiger partial charge in [0.2, 0.25) is 0 Å². The number of halogens is 2. The Kier molecular flexibility index (Phi) is 26.0. The molecule has 19 heteroatoms. The highest BCUT2D eigenvalue weighted by atomic mass is 32.2. The van der Waals surface area contributed by atoms with E-state index in [1.807, 2.05) is 62.3 Å². The highest BCUT2D eigenvalue weighted by Crippen LogP contribution is 2.48. The monoisotopic (exact) mass is 1290 g/mol. The molecule has 1 aliphatic carbocycles. The smallest absolute Gasteiger partial charge is 0.369 e. The minimum atomic E-state index is -5.86. The molecule has 5 aromatic rings. The van der Waals surface area contributed by atoms with Gasteiger partial charge in [0.15, 0.2) is 43.1 Å². The lowest BCUT2D eigenvalue weighted by atomic mass is 9.84.